The maximum absolute atomic E-state index is 12.6. The molecule has 0 amide bonds. The minimum atomic E-state index is -4.53. The molecule has 6 heteroatoms. The molecule has 1 aromatic carbocycles. The number of aldehydes is 1. The maximum atomic E-state index is 12.6. The molecular formula is C14H13F3O3. The molecule has 0 bridgehead atoms. The zero-order valence-corrected chi connectivity index (χ0v) is 10.7. The lowest BCUT2D eigenvalue weighted by Gasteiger charge is -2.08. The second-order valence-electron chi connectivity index (χ2n) is 3.92. The molecule has 0 spiro atoms. The van der Waals surface area contributed by atoms with E-state index in [0.717, 1.165) is 12.1 Å². The van der Waals surface area contributed by atoms with Gasteiger partial charge in [-0.05, 0) is 30.7 Å². The van der Waals surface area contributed by atoms with Crippen LogP contribution in [-0.2, 0) is 15.7 Å². The van der Waals surface area contributed by atoms with Crippen molar-refractivity contribution in [3.8, 4) is 0 Å². The number of hydrogen-bond acceptors (Lipinski definition) is 3. The van der Waals surface area contributed by atoms with Crippen LogP contribution in [0, 0.1) is 0 Å². The number of benzene rings is 1. The second-order valence-corrected chi connectivity index (χ2v) is 3.92. The fourth-order valence-corrected chi connectivity index (χ4v) is 1.52. The van der Waals surface area contributed by atoms with Gasteiger partial charge in [0.1, 0.15) is 6.29 Å². The van der Waals surface area contributed by atoms with Crippen LogP contribution in [0.1, 0.15) is 34.8 Å². The predicted molar refractivity (Wildman–Crippen MR) is 67.1 cm³/mol. The topological polar surface area (TPSA) is 43.4 Å². The van der Waals surface area contributed by atoms with Crippen LogP contribution in [0.4, 0.5) is 13.2 Å². The summed E-state index contributed by atoms with van der Waals surface area (Å²) in [6, 6.07) is 2.99. The van der Waals surface area contributed by atoms with Gasteiger partial charge in [0.15, 0.2) is 0 Å². The van der Waals surface area contributed by atoms with Crippen molar-refractivity contribution < 1.29 is 27.5 Å². The fraction of sp³-hybridized carbons (Fsp3) is 0.286. The molecule has 0 aliphatic heterocycles. The van der Waals surface area contributed by atoms with Gasteiger partial charge < -0.3 is 4.74 Å². The Morgan fingerprint density at radius 3 is 2.45 bits per heavy atom. The molecule has 1 rings (SSSR count). The number of carbonyl (C=O) groups is 2. The molecule has 0 radical (unpaired) electrons. The number of halogens is 3. The third-order valence-corrected chi connectivity index (χ3v) is 2.34. The lowest BCUT2D eigenvalue weighted by atomic mass is 10.1. The van der Waals surface area contributed by atoms with Gasteiger partial charge >= 0.3 is 12.1 Å². The average Bonchev–Trinajstić information content (AvgIpc) is 2.37. The van der Waals surface area contributed by atoms with Gasteiger partial charge in [-0.25, -0.2) is 0 Å². The van der Waals surface area contributed by atoms with E-state index in [1.165, 1.54) is 18.2 Å². The molecular weight excluding hydrogens is 273 g/mol. The van der Waals surface area contributed by atoms with Crippen LogP contribution in [0.15, 0.2) is 24.3 Å². The first-order valence-corrected chi connectivity index (χ1v) is 5.86. The van der Waals surface area contributed by atoms with E-state index >= 15 is 0 Å². The Hall–Kier alpha value is -2.11. The highest BCUT2D eigenvalue weighted by Crippen LogP contribution is 2.30. The van der Waals surface area contributed by atoms with E-state index in [1.54, 1.807) is 6.92 Å². The average molecular weight is 286 g/mol. The van der Waals surface area contributed by atoms with E-state index in [1.807, 2.05) is 0 Å². The third-order valence-electron chi connectivity index (χ3n) is 2.34. The van der Waals surface area contributed by atoms with Crippen LogP contribution >= 0.6 is 0 Å². The Kier molecular flexibility index (Phi) is 5.49. The Bertz CT molecular complexity index is 519. The SMILES string of the molecule is CCOC(=O)CC=Cc1cc(C=O)cc(C(F)(F)F)c1. The summed E-state index contributed by atoms with van der Waals surface area (Å²) < 4.78 is 42.5. The summed E-state index contributed by atoms with van der Waals surface area (Å²) in [5, 5.41) is 0. The smallest absolute Gasteiger partial charge is 0.416 e. The molecule has 0 N–H and O–H groups in total. The van der Waals surface area contributed by atoms with Crippen molar-refractivity contribution in [2.75, 3.05) is 6.61 Å². The minimum Gasteiger partial charge on any atom is -0.466 e. The maximum Gasteiger partial charge on any atom is 0.416 e. The molecule has 0 heterocycles. The van der Waals surface area contributed by atoms with Gasteiger partial charge in [0.2, 0.25) is 0 Å². The second kappa shape index (κ2) is 6.88. The van der Waals surface area contributed by atoms with Crippen molar-refractivity contribution in [1.29, 1.82) is 0 Å². The monoisotopic (exact) mass is 286 g/mol. The summed E-state index contributed by atoms with van der Waals surface area (Å²) >= 11 is 0. The summed E-state index contributed by atoms with van der Waals surface area (Å²) in [6.07, 6.45) is -1.48. The van der Waals surface area contributed by atoms with Gasteiger partial charge in [0.05, 0.1) is 18.6 Å². The Morgan fingerprint density at radius 1 is 1.25 bits per heavy atom. The van der Waals surface area contributed by atoms with Crippen molar-refractivity contribution in [1.82, 2.24) is 0 Å². The van der Waals surface area contributed by atoms with Crippen LogP contribution in [-0.4, -0.2) is 18.9 Å². The summed E-state index contributed by atoms with van der Waals surface area (Å²) in [5.41, 5.74) is -0.778. The van der Waals surface area contributed by atoms with Crippen molar-refractivity contribution in [2.24, 2.45) is 0 Å². The number of hydrogen-bond donors (Lipinski definition) is 0. The fourth-order valence-electron chi connectivity index (χ4n) is 1.52. The van der Waals surface area contributed by atoms with Crippen LogP contribution in [0.2, 0.25) is 0 Å². The number of alkyl halides is 3. The van der Waals surface area contributed by atoms with Crippen molar-refractivity contribution in [3.63, 3.8) is 0 Å². The highest BCUT2D eigenvalue weighted by atomic mass is 19.4. The molecule has 108 valence electrons. The van der Waals surface area contributed by atoms with E-state index in [9.17, 15) is 22.8 Å². The molecule has 0 unspecified atom stereocenters. The molecule has 0 saturated heterocycles. The number of esters is 1. The number of carbonyl (C=O) groups excluding carboxylic acids is 2. The largest absolute Gasteiger partial charge is 0.466 e. The number of ether oxygens (including phenoxy) is 1. The van der Waals surface area contributed by atoms with Crippen LogP contribution in [0.25, 0.3) is 6.08 Å². The van der Waals surface area contributed by atoms with Crippen molar-refractivity contribution >= 4 is 18.3 Å². The zero-order valence-electron chi connectivity index (χ0n) is 10.7. The molecule has 0 saturated carbocycles. The Morgan fingerprint density at radius 2 is 1.90 bits per heavy atom. The van der Waals surface area contributed by atoms with E-state index in [4.69, 9.17) is 0 Å². The normalized spacial score (nSPS) is 11.6. The van der Waals surface area contributed by atoms with E-state index < -0.39 is 17.7 Å². The molecule has 0 aliphatic carbocycles. The van der Waals surface area contributed by atoms with Crippen LogP contribution in [0.5, 0.6) is 0 Å². The Balaban J connectivity index is 2.92. The lowest BCUT2D eigenvalue weighted by Crippen LogP contribution is -2.06. The predicted octanol–water partition coefficient (Wildman–Crippen LogP) is 3.48. The molecule has 3 nitrogen and oxygen atoms in total. The summed E-state index contributed by atoms with van der Waals surface area (Å²) in [4.78, 5) is 21.7. The minimum absolute atomic E-state index is 0.0412. The first-order chi connectivity index (χ1) is 9.36. The van der Waals surface area contributed by atoms with E-state index in [2.05, 4.69) is 4.74 Å². The molecule has 0 atom stereocenters. The molecule has 20 heavy (non-hydrogen) atoms. The summed E-state index contributed by atoms with van der Waals surface area (Å²) in [7, 11) is 0. The standard InChI is InChI=1S/C14H13F3O3/c1-2-20-13(19)5-3-4-10-6-11(9-18)8-12(7-10)14(15,16)17/h3-4,6-9H,2,5H2,1H3. The zero-order chi connectivity index (χ0) is 15.2. The van der Waals surface area contributed by atoms with Crippen LogP contribution < -0.4 is 0 Å². The number of rotatable bonds is 5. The summed E-state index contributed by atoms with van der Waals surface area (Å²) in [6.45, 7) is 1.90. The van der Waals surface area contributed by atoms with Gasteiger partial charge in [-0.1, -0.05) is 12.2 Å². The van der Waals surface area contributed by atoms with Crippen LogP contribution in [0.3, 0.4) is 0 Å². The first-order valence-electron chi connectivity index (χ1n) is 5.86. The van der Waals surface area contributed by atoms with Gasteiger partial charge in [-0.15, -0.1) is 0 Å². The van der Waals surface area contributed by atoms with Gasteiger partial charge in [0, 0.05) is 5.56 Å². The van der Waals surface area contributed by atoms with E-state index in [-0.39, 0.29) is 24.2 Å². The van der Waals surface area contributed by atoms with Crippen molar-refractivity contribution in [3.05, 3.63) is 41.0 Å². The lowest BCUT2D eigenvalue weighted by molar-refractivity contribution is -0.142. The third kappa shape index (κ3) is 4.87. The highest BCUT2D eigenvalue weighted by molar-refractivity contribution is 5.77. The quantitative estimate of drug-likeness (QED) is 0.614. The van der Waals surface area contributed by atoms with Gasteiger partial charge in [-0.3, -0.25) is 9.59 Å². The Labute approximate surface area is 114 Å². The van der Waals surface area contributed by atoms with Crippen molar-refractivity contribution in [2.45, 2.75) is 19.5 Å². The summed E-state index contributed by atoms with van der Waals surface area (Å²) in [5.74, 6) is -0.466. The highest BCUT2D eigenvalue weighted by Gasteiger charge is 2.30. The van der Waals surface area contributed by atoms with Gasteiger partial charge in [0.25, 0.3) is 0 Å². The molecule has 1 aromatic rings. The molecule has 0 fully saturated rings. The molecule has 0 aromatic heterocycles. The molecule has 0 aliphatic rings. The first kappa shape index (κ1) is 15.9. The van der Waals surface area contributed by atoms with E-state index in [0.29, 0.717) is 6.29 Å². The van der Waals surface area contributed by atoms with Gasteiger partial charge in [-0.2, -0.15) is 13.2 Å².